The van der Waals surface area contributed by atoms with E-state index in [1.54, 1.807) is 0 Å². The maximum absolute atomic E-state index is 4.60. The largest absolute Gasteiger partial charge is 0.307 e. The molecule has 2 aliphatic heterocycles. The molecule has 3 heterocycles. The summed E-state index contributed by atoms with van der Waals surface area (Å²) >= 11 is 0. The normalized spacial score (nSPS) is 14.9. The molecule has 0 N–H and O–H groups in total. The molecule has 0 saturated carbocycles. The van der Waals surface area contributed by atoms with E-state index in [4.69, 9.17) is 0 Å². The highest BCUT2D eigenvalue weighted by Crippen LogP contribution is 2.58. The number of anilines is 3. The number of benzene rings is 4. The molecule has 0 bridgehead atoms. The third kappa shape index (κ3) is 2.23. The first-order valence-electron chi connectivity index (χ1n) is 12.6. The van der Waals surface area contributed by atoms with Crippen molar-refractivity contribution in [3.63, 3.8) is 0 Å². The molecule has 4 aliphatic rings. The minimum Gasteiger partial charge on any atom is -0.307 e. The fraction of sp³-hybridized carbons (Fsp3) is 0.121. The highest BCUT2D eigenvalue weighted by molar-refractivity contribution is 6.01. The Morgan fingerprint density at radius 1 is 0.543 bits per heavy atom. The van der Waals surface area contributed by atoms with Crippen LogP contribution in [0.25, 0.3) is 22.3 Å². The maximum Gasteiger partial charge on any atom is 0.0680 e. The SMILES string of the molecule is c1ccc2c(c1)Cc1cc3c4c(c1-2)Cc1ccc2c(c1N4c1cnccc1C3)-c1ccccc1C2. The van der Waals surface area contributed by atoms with Crippen molar-refractivity contribution in [2.24, 2.45) is 0 Å². The van der Waals surface area contributed by atoms with Crippen molar-refractivity contribution in [2.75, 3.05) is 4.90 Å². The number of aromatic nitrogens is 1. The molecule has 164 valence electrons. The molecule has 2 nitrogen and oxygen atoms in total. The highest BCUT2D eigenvalue weighted by Gasteiger charge is 2.38. The molecule has 0 saturated heterocycles. The number of rotatable bonds is 0. The standard InChI is InChI=1S/C33H22N2/c1-3-7-26-20(6-1)14-24-16-25-15-21-11-12-34-18-29(21)35-32(25)28(30(24)26)17-23-10-9-22-13-19-5-2-4-8-27(19)31(22)33(23)35/h1-12,16,18H,13-15,17H2. The van der Waals surface area contributed by atoms with Crippen LogP contribution in [-0.2, 0) is 25.7 Å². The summed E-state index contributed by atoms with van der Waals surface area (Å²) in [5.74, 6) is 0. The molecule has 4 aromatic carbocycles. The van der Waals surface area contributed by atoms with E-state index in [0.717, 1.165) is 25.7 Å². The molecule has 0 amide bonds. The van der Waals surface area contributed by atoms with Gasteiger partial charge >= 0.3 is 0 Å². The molecule has 0 unspecified atom stereocenters. The second-order valence-electron chi connectivity index (χ2n) is 10.4. The first kappa shape index (κ1) is 18.2. The van der Waals surface area contributed by atoms with Gasteiger partial charge in [0.25, 0.3) is 0 Å². The van der Waals surface area contributed by atoms with Crippen molar-refractivity contribution < 1.29 is 0 Å². The van der Waals surface area contributed by atoms with Crippen LogP contribution in [0.5, 0.6) is 0 Å². The topological polar surface area (TPSA) is 16.1 Å². The van der Waals surface area contributed by atoms with Crippen molar-refractivity contribution in [3.8, 4) is 22.3 Å². The van der Waals surface area contributed by atoms with Crippen LogP contribution in [-0.4, -0.2) is 4.98 Å². The third-order valence-corrected chi connectivity index (χ3v) is 8.57. The van der Waals surface area contributed by atoms with Crippen LogP contribution >= 0.6 is 0 Å². The van der Waals surface area contributed by atoms with Crippen LogP contribution in [0.4, 0.5) is 17.1 Å². The summed E-state index contributed by atoms with van der Waals surface area (Å²) in [4.78, 5) is 7.18. The van der Waals surface area contributed by atoms with Crippen LogP contribution < -0.4 is 4.90 Å². The maximum atomic E-state index is 4.60. The first-order valence-corrected chi connectivity index (χ1v) is 12.6. The molecule has 0 fully saturated rings. The van der Waals surface area contributed by atoms with Gasteiger partial charge in [-0.2, -0.15) is 0 Å². The van der Waals surface area contributed by atoms with Crippen LogP contribution in [0.3, 0.4) is 0 Å². The molecule has 2 heteroatoms. The van der Waals surface area contributed by atoms with Gasteiger partial charge in [0.05, 0.1) is 23.3 Å². The zero-order valence-electron chi connectivity index (χ0n) is 19.3. The minimum atomic E-state index is 0.973. The summed E-state index contributed by atoms with van der Waals surface area (Å²) in [6.45, 7) is 0. The van der Waals surface area contributed by atoms with E-state index in [-0.39, 0.29) is 0 Å². The van der Waals surface area contributed by atoms with Gasteiger partial charge in [-0.3, -0.25) is 4.98 Å². The number of nitrogens with zero attached hydrogens (tertiary/aromatic N) is 2. The fourth-order valence-corrected chi connectivity index (χ4v) is 7.20. The third-order valence-electron chi connectivity index (χ3n) is 8.57. The van der Waals surface area contributed by atoms with Crippen molar-refractivity contribution in [2.45, 2.75) is 25.7 Å². The molecule has 5 aromatic rings. The van der Waals surface area contributed by atoms with Gasteiger partial charge in [-0.1, -0.05) is 66.7 Å². The lowest BCUT2D eigenvalue weighted by atomic mass is 9.81. The molecular formula is C33H22N2. The van der Waals surface area contributed by atoms with E-state index in [0.29, 0.717) is 0 Å². The molecule has 0 spiro atoms. The molecular weight excluding hydrogens is 424 g/mol. The fourth-order valence-electron chi connectivity index (χ4n) is 7.20. The van der Waals surface area contributed by atoms with Gasteiger partial charge in [0.15, 0.2) is 0 Å². The van der Waals surface area contributed by atoms with E-state index in [2.05, 4.69) is 88.9 Å². The summed E-state index contributed by atoms with van der Waals surface area (Å²) in [5, 5.41) is 0. The van der Waals surface area contributed by atoms with E-state index < -0.39 is 0 Å². The van der Waals surface area contributed by atoms with Crippen LogP contribution in [0, 0.1) is 0 Å². The lowest BCUT2D eigenvalue weighted by Gasteiger charge is -2.41. The highest BCUT2D eigenvalue weighted by atomic mass is 15.2. The smallest absolute Gasteiger partial charge is 0.0680 e. The molecule has 2 aliphatic carbocycles. The monoisotopic (exact) mass is 446 g/mol. The second kappa shape index (κ2) is 6.28. The van der Waals surface area contributed by atoms with E-state index in [1.165, 1.54) is 83.8 Å². The Hall–Kier alpha value is -4.17. The molecule has 9 rings (SSSR count). The van der Waals surface area contributed by atoms with Crippen LogP contribution in [0.15, 0.2) is 85.2 Å². The van der Waals surface area contributed by atoms with E-state index >= 15 is 0 Å². The molecule has 1 aromatic heterocycles. The Labute approximate surface area is 204 Å². The first-order chi connectivity index (χ1) is 17.3. The average molecular weight is 447 g/mol. The summed E-state index contributed by atoms with van der Waals surface area (Å²) in [5.41, 5.74) is 21.3. The Balaban J connectivity index is 1.40. The summed E-state index contributed by atoms with van der Waals surface area (Å²) in [6.07, 6.45) is 8.04. The number of hydrogen-bond donors (Lipinski definition) is 0. The van der Waals surface area contributed by atoms with Gasteiger partial charge in [0, 0.05) is 24.6 Å². The lowest BCUT2D eigenvalue weighted by Crippen LogP contribution is -2.26. The Morgan fingerprint density at radius 2 is 1.26 bits per heavy atom. The zero-order chi connectivity index (χ0) is 22.7. The van der Waals surface area contributed by atoms with Gasteiger partial charge in [-0.25, -0.2) is 0 Å². The number of pyridine rings is 1. The quantitative estimate of drug-likeness (QED) is 0.240. The molecule has 0 radical (unpaired) electrons. The summed E-state index contributed by atoms with van der Waals surface area (Å²) < 4.78 is 0. The van der Waals surface area contributed by atoms with Crippen molar-refractivity contribution in [3.05, 3.63) is 130 Å². The Bertz CT molecular complexity index is 1760. The summed E-state index contributed by atoms with van der Waals surface area (Å²) in [7, 11) is 0. The van der Waals surface area contributed by atoms with Gasteiger partial charge < -0.3 is 4.90 Å². The molecule has 0 atom stereocenters. The van der Waals surface area contributed by atoms with Gasteiger partial charge in [-0.05, 0) is 80.1 Å². The number of fused-ring (bicyclic) bond motifs is 12. The summed E-state index contributed by atoms with van der Waals surface area (Å²) in [6, 6.07) is 27.5. The average Bonchev–Trinajstić information content (AvgIpc) is 3.46. The van der Waals surface area contributed by atoms with Crippen LogP contribution in [0.1, 0.15) is 44.5 Å². The van der Waals surface area contributed by atoms with E-state index in [9.17, 15) is 0 Å². The van der Waals surface area contributed by atoms with Gasteiger partial charge in [-0.15, -0.1) is 0 Å². The predicted octanol–water partition coefficient (Wildman–Crippen LogP) is 7.50. The van der Waals surface area contributed by atoms with Crippen LogP contribution in [0.2, 0.25) is 0 Å². The number of hydrogen-bond acceptors (Lipinski definition) is 2. The van der Waals surface area contributed by atoms with Crippen molar-refractivity contribution in [1.82, 2.24) is 4.98 Å². The van der Waals surface area contributed by atoms with Gasteiger partial charge in [0.2, 0.25) is 0 Å². The second-order valence-corrected chi connectivity index (χ2v) is 10.4. The van der Waals surface area contributed by atoms with Gasteiger partial charge in [0.1, 0.15) is 0 Å². The van der Waals surface area contributed by atoms with Crippen molar-refractivity contribution >= 4 is 17.1 Å². The lowest BCUT2D eigenvalue weighted by molar-refractivity contribution is 0.997. The predicted molar refractivity (Wildman–Crippen MR) is 141 cm³/mol. The minimum absolute atomic E-state index is 0.973. The van der Waals surface area contributed by atoms with E-state index in [1.807, 2.05) is 6.20 Å². The molecule has 35 heavy (non-hydrogen) atoms. The zero-order valence-corrected chi connectivity index (χ0v) is 19.3. The van der Waals surface area contributed by atoms with Crippen molar-refractivity contribution in [1.29, 1.82) is 0 Å². The Kier molecular flexibility index (Phi) is 3.27. The Morgan fingerprint density at radius 3 is 2.11 bits per heavy atom.